The van der Waals surface area contributed by atoms with Gasteiger partial charge in [0.15, 0.2) is 0 Å². The molecular weight excluding hydrogens is 450 g/mol. The summed E-state index contributed by atoms with van der Waals surface area (Å²) in [5.41, 5.74) is 4.35. The fourth-order valence-corrected chi connectivity index (χ4v) is 4.98. The Balaban J connectivity index is 1.42. The molecule has 1 aliphatic carbocycles. The predicted octanol–water partition coefficient (Wildman–Crippen LogP) is 1.89. The van der Waals surface area contributed by atoms with Crippen LogP contribution < -0.4 is 5.32 Å². The van der Waals surface area contributed by atoms with Gasteiger partial charge in [-0.25, -0.2) is 4.79 Å². The third-order valence-electron chi connectivity index (χ3n) is 6.81. The molecule has 4 rings (SSSR count). The molecule has 1 saturated heterocycles. The number of nitrogens with one attached hydrogen (secondary N) is 1. The zero-order chi connectivity index (χ0) is 25.1. The average Bonchev–Trinajstić information content (AvgIpc) is 3.38. The summed E-state index contributed by atoms with van der Waals surface area (Å²) in [6.45, 7) is 0.505. The number of amides is 2. The summed E-state index contributed by atoms with van der Waals surface area (Å²) in [4.78, 5) is 40.3. The minimum Gasteiger partial charge on any atom is -0.481 e. The van der Waals surface area contributed by atoms with Gasteiger partial charge in [-0.3, -0.25) is 9.59 Å². The zero-order valence-corrected chi connectivity index (χ0v) is 19.9. The monoisotopic (exact) mass is 481 g/mol. The molecule has 35 heavy (non-hydrogen) atoms. The topological polar surface area (TPSA) is 119 Å². The van der Waals surface area contributed by atoms with Gasteiger partial charge in [-0.1, -0.05) is 48.5 Å². The molecule has 0 bridgehead atoms. The second-order valence-corrected chi connectivity index (χ2v) is 9.30. The fraction of sp³-hybridized carbons (Fsp3) is 0.423. The first-order chi connectivity index (χ1) is 16.8. The van der Waals surface area contributed by atoms with E-state index in [1.807, 2.05) is 67.5 Å². The lowest BCUT2D eigenvalue weighted by molar-refractivity contribution is -0.138. The van der Waals surface area contributed by atoms with Crippen LogP contribution in [-0.2, 0) is 14.3 Å². The van der Waals surface area contributed by atoms with E-state index in [2.05, 4.69) is 5.32 Å². The largest absolute Gasteiger partial charge is 0.481 e. The molecule has 2 aromatic carbocycles. The highest BCUT2D eigenvalue weighted by atomic mass is 16.5. The molecule has 2 amide bonds. The first kappa shape index (κ1) is 24.7. The van der Waals surface area contributed by atoms with Gasteiger partial charge >= 0.3 is 12.1 Å². The van der Waals surface area contributed by atoms with Gasteiger partial charge in [0.2, 0.25) is 5.91 Å². The maximum absolute atomic E-state index is 13.1. The Hall–Kier alpha value is -3.43. The number of aliphatic hydroxyl groups excluding tert-OH is 1. The second-order valence-electron chi connectivity index (χ2n) is 9.30. The smallest absolute Gasteiger partial charge is 0.407 e. The van der Waals surface area contributed by atoms with E-state index in [0.717, 1.165) is 22.3 Å². The van der Waals surface area contributed by atoms with Crippen LogP contribution in [0.3, 0.4) is 0 Å². The van der Waals surface area contributed by atoms with Gasteiger partial charge in [0.1, 0.15) is 12.6 Å². The molecule has 2 aromatic rings. The van der Waals surface area contributed by atoms with E-state index in [9.17, 15) is 19.5 Å². The van der Waals surface area contributed by atoms with Crippen LogP contribution in [0.2, 0.25) is 0 Å². The van der Waals surface area contributed by atoms with Gasteiger partial charge in [0, 0.05) is 25.4 Å². The first-order valence-corrected chi connectivity index (χ1v) is 11.7. The lowest BCUT2D eigenvalue weighted by Gasteiger charge is -2.25. The minimum atomic E-state index is -1.07. The Morgan fingerprint density at radius 3 is 2.20 bits per heavy atom. The van der Waals surface area contributed by atoms with Gasteiger partial charge in [-0.05, 0) is 42.8 Å². The van der Waals surface area contributed by atoms with Crippen LogP contribution in [0.5, 0.6) is 0 Å². The van der Waals surface area contributed by atoms with Gasteiger partial charge in [-0.2, -0.15) is 0 Å². The summed E-state index contributed by atoms with van der Waals surface area (Å²) in [6.07, 6.45) is -1.85. The SMILES string of the molecule is CN(C)[C@@H]1CN(C(=O)C(CCC(=O)O)NC(=O)OCC2c3ccccc3-c3ccccc32)C[C@H]1O. The van der Waals surface area contributed by atoms with E-state index in [4.69, 9.17) is 9.84 Å². The number of likely N-dealkylation sites (tertiary alicyclic amines) is 1. The number of benzene rings is 2. The van der Waals surface area contributed by atoms with Crippen molar-refractivity contribution in [3.63, 3.8) is 0 Å². The number of carboxylic acid groups (broad SMARTS) is 1. The summed E-state index contributed by atoms with van der Waals surface area (Å²) < 4.78 is 5.54. The Morgan fingerprint density at radius 2 is 1.66 bits per heavy atom. The number of fused-ring (bicyclic) bond motifs is 3. The predicted molar refractivity (Wildman–Crippen MR) is 129 cm³/mol. The molecule has 0 spiro atoms. The Morgan fingerprint density at radius 1 is 1.06 bits per heavy atom. The van der Waals surface area contributed by atoms with Gasteiger partial charge in [0.05, 0.1) is 12.1 Å². The molecule has 0 radical (unpaired) electrons. The van der Waals surface area contributed by atoms with Crippen LogP contribution in [0.1, 0.15) is 29.9 Å². The number of aliphatic carboxylic acids is 1. The average molecular weight is 482 g/mol. The van der Waals surface area contributed by atoms with Crippen LogP contribution in [0.4, 0.5) is 4.79 Å². The van der Waals surface area contributed by atoms with Crippen LogP contribution in [0.25, 0.3) is 11.1 Å². The number of hydrogen-bond donors (Lipinski definition) is 3. The number of rotatable bonds is 8. The van der Waals surface area contributed by atoms with E-state index in [1.165, 1.54) is 4.90 Å². The number of hydrogen-bond acceptors (Lipinski definition) is 6. The Labute approximate surface area is 204 Å². The molecule has 1 fully saturated rings. The molecule has 1 heterocycles. The molecule has 186 valence electrons. The van der Waals surface area contributed by atoms with Crippen molar-refractivity contribution < 1.29 is 29.3 Å². The van der Waals surface area contributed by atoms with Crippen LogP contribution in [-0.4, -0.2) is 90.0 Å². The summed E-state index contributed by atoms with van der Waals surface area (Å²) in [7, 11) is 3.64. The summed E-state index contributed by atoms with van der Waals surface area (Å²) in [5, 5.41) is 22.0. The number of alkyl carbamates (subject to hydrolysis) is 1. The van der Waals surface area contributed by atoms with Crippen LogP contribution in [0, 0.1) is 0 Å². The molecule has 0 saturated carbocycles. The molecule has 0 aromatic heterocycles. The molecule has 9 nitrogen and oxygen atoms in total. The minimum absolute atomic E-state index is 0.0718. The number of likely N-dealkylation sites (N-methyl/N-ethyl adjacent to an activating group) is 1. The highest BCUT2D eigenvalue weighted by Crippen LogP contribution is 2.44. The molecule has 3 N–H and O–H groups in total. The van der Waals surface area contributed by atoms with Crippen molar-refractivity contribution in [1.29, 1.82) is 0 Å². The van der Waals surface area contributed by atoms with E-state index < -0.39 is 30.1 Å². The number of ether oxygens (including phenoxy) is 1. The van der Waals surface area contributed by atoms with Crippen molar-refractivity contribution in [3.05, 3.63) is 59.7 Å². The first-order valence-electron chi connectivity index (χ1n) is 11.7. The highest BCUT2D eigenvalue weighted by molar-refractivity contribution is 5.86. The normalized spacial score (nSPS) is 19.8. The highest BCUT2D eigenvalue weighted by Gasteiger charge is 2.38. The van der Waals surface area contributed by atoms with Crippen molar-refractivity contribution in [1.82, 2.24) is 15.1 Å². The van der Waals surface area contributed by atoms with Crippen molar-refractivity contribution in [2.24, 2.45) is 0 Å². The van der Waals surface area contributed by atoms with Crippen LogP contribution >= 0.6 is 0 Å². The van der Waals surface area contributed by atoms with Crippen molar-refractivity contribution in [2.75, 3.05) is 33.8 Å². The maximum atomic E-state index is 13.1. The van der Waals surface area contributed by atoms with Crippen molar-refractivity contribution in [2.45, 2.75) is 36.9 Å². The zero-order valence-electron chi connectivity index (χ0n) is 19.9. The van der Waals surface area contributed by atoms with Crippen molar-refractivity contribution >= 4 is 18.0 Å². The maximum Gasteiger partial charge on any atom is 0.407 e. The summed E-state index contributed by atoms with van der Waals surface area (Å²) >= 11 is 0. The number of β-amino-alcohol motifs (C(OH)–C–C–N with tert-alkyl or cyclic N) is 1. The Bertz CT molecular complexity index is 1060. The van der Waals surface area contributed by atoms with Crippen molar-refractivity contribution in [3.8, 4) is 11.1 Å². The number of aliphatic hydroxyl groups is 1. The molecule has 1 unspecified atom stereocenters. The second kappa shape index (κ2) is 10.5. The van der Waals surface area contributed by atoms with E-state index in [1.54, 1.807) is 0 Å². The third kappa shape index (κ3) is 5.31. The fourth-order valence-electron chi connectivity index (χ4n) is 4.98. The third-order valence-corrected chi connectivity index (χ3v) is 6.81. The molecule has 2 aliphatic rings. The summed E-state index contributed by atoms with van der Waals surface area (Å²) in [5.74, 6) is -1.62. The molecule has 1 aliphatic heterocycles. The van der Waals surface area contributed by atoms with E-state index in [0.29, 0.717) is 6.54 Å². The number of nitrogens with zero attached hydrogens (tertiary/aromatic N) is 2. The standard InChI is InChI=1S/C26H31N3O6/c1-28(2)22-13-29(14-23(22)30)25(33)21(11-12-24(31)32)27-26(34)35-15-20-18-9-5-3-7-16(18)17-8-4-6-10-19(17)20/h3-10,20-23,30H,11-15H2,1-2H3,(H,27,34)(H,31,32)/t21?,22-,23-/m1/s1. The molecule has 9 heteroatoms. The van der Waals surface area contributed by atoms with E-state index in [-0.39, 0.29) is 38.0 Å². The van der Waals surface area contributed by atoms with E-state index >= 15 is 0 Å². The number of carbonyl (C=O) groups is 3. The summed E-state index contributed by atoms with van der Waals surface area (Å²) in [6, 6.07) is 14.7. The van der Waals surface area contributed by atoms with Crippen LogP contribution in [0.15, 0.2) is 48.5 Å². The van der Waals surface area contributed by atoms with Gasteiger partial charge < -0.3 is 30.1 Å². The lowest BCUT2D eigenvalue weighted by atomic mass is 9.98. The number of carbonyl (C=O) groups excluding carboxylic acids is 2. The molecular formula is C26H31N3O6. The quantitative estimate of drug-likeness (QED) is 0.527. The molecule has 3 atom stereocenters. The van der Waals surface area contributed by atoms with Gasteiger partial charge in [-0.15, -0.1) is 0 Å². The lowest BCUT2D eigenvalue weighted by Crippen LogP contribution is -2.49. The number of carboxylic acids is 1. The van der Waals surface area contributed by atoms with Gasteiger partial charge in [0.25, 0.3) is 0 Å². The Kier molecular flexibility index (Phi) is 7.37.